The average molecular weight is 1170 g/mol. The van der Waals surface area contributed by atoms with Gasteiger partial charge in [0.05, 0.1) is 28.3 Å². The number of hydrogen-bond donors (Lipinski definition) is 0. The van der Waals surface area contributed by atoms with Gasteiger partial charge in [0.2, 0.25) is 0 Å². The summed E-state index contributed by atoms with van der Waals surface area (Å²) in [6.45, 7) is 29.1. The van der Waals surface area contributed by atoms with Gasteiger partial charge in [-0.15, -0.1) is 0 Å². The summed E-state index contributed by atoms with van der Waals surface area (Å²) in [5, 5.41) is 0. The van der Waals surface area contributed by atoms with Gasteiger partial charge in [-0.3, -0.25) is 0 Å². The third kappa shape index (κ3) is 7.76. The van der Waals surface area contributed by atoms with Gasteiger partial charge in [0.1, 0.15) is 0 Å². The fourth-order valence-corrected chi connectivity index (χ4v) is 19.4. The Morgan fingerprint density at radius 2 is 0.989 bits per heavy atom. The molecule has 0 saturated heterocycles. The van der Waals surface area contributed by atoms with Crippen LogP contribution in [0.25, 0.3) is 11.1 Å². The Bertz CT molecular complexity index is 4480. The van der Waals surface area contributed by atoms with Crippen LogP contribution in [-0.2, 0) is 27.1 Å². The highest BCUT2D eigenvalue weighted by atomic mass is 32.2. The Morgan fingerprint density at radius 3 is 1.67 bits per heavy atom. The monoisotopic (exact) mass is 1170 g/mol. The van der Waals surface area contributed by atoms with Crippen molar-refractivity contribution in [2.24, 2.45) is 0 Å². The van der Waals surface area contributed by atoms with Crippen molar-refractivity contribution in [3.05, 3.63) is 238 Å². The van der Waals surface area contributed by atoms with Crippen molar-refractivity contribution in [1.29, 1.82) is 0 Å². The van der Waals surface area contributed by atoms with E-state index in [0.29, 0.717) is 0 Å². The average Bonchev–Trinajstić information content (AvgIpc) is 1.60. The molecule has 1 aromatic heterocycles. The van der Waals surface area contributed by atoms with Gasteiger partial charge in [-0.1, -0.05) is 222 Å². The molecule has 9 aromatic carbocycles. The van der Waals surface area contributed by atoms with Gasteiger partial charge in [-0.05, 0) is 154 Å². The van der Waals surface area contributed by atoms with E-state index in [9.17, 15) is 0 Å². The largest absolute Gasteiger partial charge is 0.334 e. The molecule has 16 rings (SSSR count). The van der Waals surface area contributed by atoms with Crippen molar-refractivity contribution < 1.29 is 0 Å². The number of fused-ring (bicyclic) bond motifs is 14. The summed E-state index contributed by atoms with van der Waals surface area (Å²) in [6.07, 6.45) is 4.72. The highest BCUT2D eigenvalue weighted by Crippen LogP contribution is 2.64. The van der Waals surface area contributed by atoms with Gasteiger partial charge in [0.15, 0.2) is 0 Å². The minimum Gasteiger partial charge on any atom is -0.334 e. The molecular formula is C80H77BN4S2. The maximum Gasteiger partial charge on any atom is 0.264 e. The van der Waals surface area contributed by atoms with Crippen LogP contribution in [0.2, 0.25) is 0 Å². The molecule has 0 spiro atoms. The van der Waals surface area contributed by atoms with Crippen LogP contribution in [-0.4, -0.2) is 12.3 Å². The number of rotatable bonds is 4. The van der Waals surface area contributed by atoms with Crippen molar-refractivity contribution in [3.8, 4) is 11.1 Å². The maximum absolute atomic E-state index is 2.83. The predicted molar refractivity (Wildman–Crippen MR) is 373 cm³/mol. The molecule has 0 N–H and O–H groups in total. The third-order valence-corrected chi connectivity index (χ3v) is 24.2. The van der Waals surface area contributed by atoms with Crippen LogP contribution in [0.5, 0.6) is 0 Å². The third-order valence-electron chi connectivity index (χ3n) is 21.5. The van der Waals surface area contributed by atoms with Gasteiger partial charge < -0.3 is 19.6 Å². The SMILES string of the molecule is CC(C)(C)c1ccc(N2c3cc(N4c5ccccc5C5(C)CCCCC45C)cc4c3B(c3ccc5cc3N4c3ccccc3Sc3ccccc3N5c3ccc(C(C)(C)C)cc3-c3ccccc3)c3sc4c(c32)C(C)(C)c2ccccc2C4(C)C)cc1. The molecule has 2 bridgehead atoms. The van der Waals surface area contributed by atoms with E-state index in [2.05, 4.69) is 314 Å². The molecule has 1 fully saturated rings. The van der Waals surface area contributed by atoms with Crippen molar-refractivity contribution in [1.82, 2.24) is 0 Å². The first kappa shape index (κ1) is 54.7. The summed E-state index contributed by atoms with van der Waals surface area (Å²) < 4.78 is 1.42. The minimum absolute atomic E-state index is 0.00952. The van der Waals surface area contributed by atoms with Crippen LogP contribution in [0.15, 0.2) is 210 Å². The molecule has 4 nitrogen and oxygen atoms in total. The van der Waals surface area contributed by atoms with E-state index in [1.165, 1.54) is 133 Å². The number of benzene rings is 9. The van der Waals surface area contributed by atoms with Crippen molar-refractivity contribution >= 4 is 108 Å². The summed E-state index contributed by atoms with van der Waals surface area (Å²) >= 11 is 3.97. The number of hydrogen-bond acceptors (Lipinski definition) is 6. The Kier molecular flexibility index (Phi) is 11.9. The Morgan fingerprint density at radius 1 is 0.437 bits per heavy atom. The zero-order valence-electron chi connectivity index (χ0n) is 52.6. The van der Waals surface area contributed by atoms with Gasteiger partial charge in [-0.2, -0.15) is 11.3 Å². The molecule has 432 valence electrons. The fraction of sp³-hybridized carbons (Fsp3) is 0.275. The van der Waals surface area contributed by atoms with Gasteiger partial charge in [-0.25, -0.2) is 0 Å². The Balaban J connectivity index is 1.05. The van der Waals surface area contributed by atoms with Crippen LogP contribution >= 0.6 is 23.1 Å². The lowest BCUT2D eigenvalue weighted by Gasteiger charge is -2.51. The van der Waals surface area contributed by atoms with Crippen LogP contribution < -0.4 is 35.3 Å². The lowest BCUT2D eigenvalue weighted by molar-refractivity contribution is 0.195. The summed E-state index contributed by atoms with van der Waals surface area (Å²) in [5.74, 6) is 0. The number of thiophene rings is 1. The summed E-state index contributed by atoms with van der Waals surface area (Å²) in [5.41, 5.74) is 26.2. The first-order valence-corrected chi connectivity index (χ1v) is 33.4. The lowest BCUT2D eigenvalue weighted by Crippen LogP contribution is -2.61. The van der Waals surface area contributed by atoms with E-state index in [-0.39, 0.29) is 39.3 Å². The maximum atomic E-state index is 2.83. The highest BCUT2D eigenvalue weighted by Gasteiger charge is 2.59. The Hall–Kier alpha value is -7.71. The van der Waals surface area contributed by atoms with Crippen LogP contribution in [0.1, 0.15) is 147 Å². The Labute approximate surface area is 525 Å². The molecule has 1 saturated carbocycles. The second-order valence-electron chi connectivity index (χ2n) is 29.2. The summed E-state index contributed by atoms with van der Waals surface area (Å²) in [4.78, 5) is 14.8. The van der Waals surface area contributed by atoms with Gasteiger partial charge in [0, 0.05) is 86.6 Å². The molecule has 10 aromatic rings. The smallest absolute Gasteiger partial charge is 0.264 e. The second kappa shape index (κ2) is 18.9. The molecule has 0 radical (unpaired) electrons. The standard InChI is InChI=1S/C80H77BN4S2/c1-75(2,3)51-36-39-53(40-37-51)83-66-48-55(85-62-31-19-18-30-59(62)79(11)44-24-25-45-80(79,85)12)49-67-71(66)81(74-72(83)70-73(87-74)78(9,10)58-29-17-16-28-57(58)77(70,7)8)60-42-41-54-47-65(60)84(67)64-33-21-23-35-69(64)86-68-34-22-20-32-63(68)82(54)61-43-38-52(76(4,5)6)46-56(61)50-26-14-13-15-27-50/h13-23,26-43,46-49H,24-25,44-45H2,1-12H3. The van der Waals surface area contributed by atoms with E-state index in [0.717, 1.165) is 29.9 Å². The van der Waals surface area contributed by atoms with E-state index in [1.54, 1.807) is 0 Å². The second-order valence-corrected chi connectivity index (χ2v) is 31.4. The summed E-state index contributed by atoms with van der Waals surface area (Å²) in [6, 6.07) is 78.0. The zero-order valence-corrected chi connectivity index (χ0v) is 54.2. The normalized spacial score (nSPS) is 19.9. The molecule has 2 atom stereocenters. The molecule has 4 aliphatic heterocycles. The molecule has 2 unspecified atom stereocenters. The van der Waals surface area contributed by atoms with Gasteiger partial charge >= 0.3 is 0 Å². The van der Waals surface area contributed by atoms with Crippen LogP contribution in [0.4, 0.5) is 62.6 Å². The van der Waals surface area contributed by atoms with Gasteiger partial charge in [0.25, 0.3) is 6.71 Å². The molecule has 0 amide bonds. The summed E-state index contributed by atoms with van der Waals surface area (Å²) in [7, 11) is 0. The first-order chi connectivity index (χ1) is 41.7. The predicted octanol–water partition coefficient (Wildman–Crippen LogP) is 20.7. The molecule has 6 aliphatic rings. The van der Waals surface area contributed by atoms with E-state index < -0.39 is 0 Å². The van der Waals surface area contributed by atoms with E-state index >= 15 is 0 Å². The first-order valence-electron chi connectivity index (χ1n) is 31.7. The zero-order chi connectivity index (χ0) is 59.9. The molecule has 87 heavy (non-hydrogen) atoms. The molecular weight excluding hydrogens is 1090 g/mol. The highest BCUT2D eigenvalue weighted by molar-refractivity contribution is 7.99. The lowest BCUT2D eigenvalue weighted by atomic mass is 9.36. The van der Waals surface area contributed by atoms with Crippen LogP contribution in [0.3, 0.4) is 0 Å². The minimum atomic E-state index is -0.314. The number of anilines is 11. The number of nitrogens with zero attached hydrogens (tertiary/aromatic N) is 4. The molecule has 5 heterocycles. The van der Waals surface area contributed by atoms with Crippen molar-refractivity contribution in [2.75, 3.05) is 19.6 Å². The quantitative estimate of drug-likeness (QED) is 0.162. The van der Waals surface area contributed by atoms with E-state index in [1.807, 2.05) is 11.8 Å². The van der Waals surface area contributed by atoms with Crippen molar-refractivity contribution in [3.63, 3.8) is 0 Å². The van der Waals surface area contributed by atoms with Crippen LogP contribution in [0, 0.1) is 0 Å². The number of para-hydroxylation sites is 3. The molecule has 2 aliphatic carbocycles. The fourth-order valence-electron chi connectivity index (χ4n) is 16.7. The molecule has 7 heteroatoms. The van der Waals surface area contributed by atoms with Crippen molar-refractivity contribution in [2.45, 2.75) is 151 Å². The van der Waals surface area contributed by atoms with E-state index in [4.69, 9.17) is 0 Å². The topological polar surface area (TPSA) is 13.0 Å².